The molecule has 6 heteroatoms. The molecule has 0 aliphatic carbocycles. The fraction of sp³-hybridized carbons (Fsp3) is 0.471. The van der Waals surface area contributed by atoms with Crippen molar-refractivity contribution in [1.82, 2.24) is 19.9 Å². The Bertz CT molecular complexity index is 715. The first-order valence-electron chi connectivity index (χ1n) is 8.18. The number of nitrogens with zero attached hydrogens (tertiary/aromatic N) is 4. The fourth-order valence-electron chi connectivity index (χ4n) is 3.94. The number of hydrogen-bond donors (Lipinski definition) is 1. The molecule has 3 atom stereocenters. The van der Waals surface area contributed by atoms with Crippen molar-refractivity contribution in [1.29, 1.82) is 0 Å². The summed E-state index contributed by atoms with van der Waals surface area (Å²) in [7, 11) is 0. The highest BCUT2D eigenvalue weighted by atomic mass is 16.2. The van der Waals surface area contributed by atoms with E-state index in [0.717, 1.165) is 42.1 Å². The van der Waals surface area contributed by atoms with Crippen LogP contribution >= 0.6 is 0 Å². The Balaban J connectivity index is 1.51. The van der Waals surface area contributed by atoms with Gasteiger partial charge >= 0.3 is 6.03 Å². The van der Waals surface area contributed by atoms with E-state index in [1.54, 1.807) is 17.1 Å². The van der Waals surface area contributed by atoms with Crippen LogP contribution in [0, 0.1) is 12.8 Å². The Kier molecular flexibility index (Phi) is 3.32. The van der Waals surface area contributed by atoms with Gasteiger partial charge in [0.25, 0.3) is 0 Å². The molecule has 0 saturated carbocycles. The number of nitrogens with one attached hydrogen (secondary N) is 1. The van der Waals surface area contributed by atoms with E-state index in [2.05, 4.69) is 22.6 Å². The first kappa shape index (κ1) is 14.2. The minimum absolute atomic E-state index is 0.0199. The van der Waals surface area contributed by atoms with E-state index in [4.69, 9.17) is 0 Å². The summed E-state index contributed by atoms with van der Waals surface area (Å²) in [5.41, 5.74) is 2.81. The predicted molar refractivity (Wildman–Crippen MR) is 87.5 cm³/mol. The lowest BCUT2D eigenvalue weighted by molar-refractivity contribution is -0.00600. The van der Waals surface area contributed by atoms with Crippen LogP contribution in [0.3, 0.4) is 0 Å². The molecular weight excluding hydrogens is 290 g/mol. The molecule has 1 aromatic heterocycles. The molecule has 2 amide bonds. The van der Waals surface area contributed by atoms with Gasteiger partial charge in [0, 0.05) is 17.8 Å². The van der Waals surface area contributed by atoms with Gasteiger partial charge < -0.3 is 10.2 Å². The zero-order valence-electron chi connectivity index (χ0n) is 13.4. The second-order valence-corrected chi connectivity index (χ2v) is 6.81. The number of anilines is 1. The van der Waals surface area contributed by atoms with Crippen molar-refractivity contribution >= 4 is 11.7 Å². The van der Waals surface area contributed by atoms with E-state index in [0.29, 0.717) is 12.1 Å². The van der Waals surface area contributed by atoms with E-state index in [1.807, 2.05) is 30.0 Å². The number of benzene rings is 1. The number of rotatable bonds is 2. The van der Waals surface area contributed by atoms with Crippen LogP contribution in [0.5, 0.6) is 0 Å². The van der Waals surface area contributed by atoms with Crippen LogP contribution in [0.4, 0.5) is 10.5 Å². The second kappa shape index (κ2) is 5.37. The summed E-state index contributed by atoms with van der Waals surface area (Å²) in [6, 6.07) is 6.73. The van der Waals surface area contributed by atoms with Crippen molar-refractivity contribution in [3.05, 3.63) is 36.2 Å². The van der Waals surface area contributed by atoms with E-state index in [-0.39, 0.29) is 6.03 Å². The van der Waals surface area contributed by atoms with Crippen molar-refractivity contribution in [2.75, 3.05) is 5.32 Å². The zero-order valence-corrected chi connectivity index (χ0v) is 13.4. The van der Waals surface area contributed by atoms with Gasteiger partial charge in [-0.25, -0.2) is 9.48 Å². The summed E-state index contributed by atoms with van der Waals surface area (Å²) in [5.74, 6) is 0.737. The molecule has 4 rings (SSSR count). The maximum atomic E-state index is 12.6. The van der Waals surface area contributed by atoms with Crippen molar-refractivity contribution < 1.29 is 4.79 Å². The summed E-state index contributed by atoms with van der Waals surface area (Å²) in [5, 5.41) is 10.9. The molecule has 1 aromatic carbocycles. The van der Waals surface area contributed by atoms with Crippen LogP contribution in [0.1, 0.15) is 31.7 Å². The van der Waals surface area contributed by atoms with Gasteiger partial charge in [-0.05, 0) is 49.8 Å². The Morgan fingerprint density at radius 1 is 1.26 bits per heavy atom. The van der Waals surface area contributed by atoms with Crippen LogP contribution in [-0.4, -0.2) is 38.0 Å². The topological polar surface area (TPSA) is 63.1 Å². The number of amides is 2. The summed E-state index contributed by atoms with van der Waals surface area (Å²) >= 11 is 0. The highest BCUT2D eigenvalue weighted by molar-refractivity contribution is 5.90. The van der Waals surface area contributed by atoms with E-state index in [1.165, 1.54) is 0 Å². The lowest BCUT2D eigenvalue weighted by Crippen LogP contribution is -2.63. The van der Waals surface area contributed by atoms with E-state index in [9.17, 15) is 4.79 Å². The Hall–Kier alpha value is -2.37. The molecule has 3 heterocycles. The molecule has 2 fully saturated rings. The van der Waals surface area contributed by atoms with Crippen LogP contribution in [0.25, 0.3) is 5.69 Å². The normalized spacial score (nSPS) is 25.8. The first-order chi connectivity index (χ1) is 11.1. The van der Waals surface area contributed by atoms with Crippen LogP contribution in [0.15, 0.2) is 30.6 Å². The third-order valence-electron chi connectivity index (χ3n) is 5.04. The molecule has 2 aliphatic rings. The number of hydrogen-bond acceptors (Lipinski definition) is 3. The van der Waals surface area contributed by atoms with Crippen molar-refractivity contribution in [3.63, 3.8) is 0 Å². The Morgan fingerprint density at radius 2 is 2.04 bits per heavy atom. The van der Waals surface area contributed by atoms with Gasteiger partial charge in [0.15, 0.2) is 0 Å². The van der Waals surface area contributed by atoms with Crippen LogP contribution in [-0.2, 0) is 0 Å². The zero-order chi connectivity index (χ0) is 16.0. The molecule has 2 saturated heterocycles. The van der Waals surface area contributed by atoms with Gasteiger partial charge in [-0.3, -0.25) is 0 Å². The number of aromatic nitrogens is 3. The molecule has 0 spiro atoms. The largest absolute Gasteiger partial charge is 0.322 e. The van der Waals surface area contributed by atoms with Crippen LogP contribution < -0.4 is 5.32 Å². The van der Waals surface area contributed by atoms with Crippen molar-refractivity contribution in [2.45, 2.75) is 45.2 Å². The molecule has 2 unspecified atom stereocenters. The number of piperidine rings is 1. The third kappa shape index (κ3) is 2.48. The lowest BCUT2D eigenvalue weighted by atomic mass is 9.74. The fourth-order valence-corrected chi connectivity index (χ4v) is 3.94. The lowest BCUT2D eigenvalue weighted by Gasteiger charge is -2.54. The molecule has 0 radical (unpaired) electrons. The SMILES string of the molecule is Cc1ccc(NC(=O)N2C3CC(C)C[C@@H]2C3)cc1-n1ccnn1. The average Bonchev–Trinajstić information content (AvgIpc) is 3.02. The van der Waals surface area contributed by atoms with Gasteiger partial charge in [-0.15, -0.1) is 5.10 Å². The van der Waals surface area contributed by atoms with E-state index >= 15 is 0 Å². The van der Waals surface area contributed by atoms with Gasteiger partial charge in [0.2, 0.25) is 0 Å². The molecule has 23 heavy (non-hydrogen) atoms. The van der Waals surface area contributed by atoms with Gasteiger partial charge in [-0.1, -0.05) is 18.2 Å². The van der Waals surface area contributed by atoms with E-state index < -0.39 is 0 Å². The number of aryl methyl sites for hydroxylation is 1. The maximum Gasteiger partial charge on any atom is 0.322 e. The van der Waals surface area contributed by atoms with Crippen LogP contribution in [0.2, 0.25) is 0 Å². The van der Waals surface area contributed by atoms with Gasteiger partial charge in [0.05, 0.1) is 18.1 Å². The standard InChI is InChI=1S/C17H21N5O/c1-11-7-14-10-15(8-11)22(14)17(23)19-13-4-3-12(2)16(9-13)21-6-5-18-20-21/h3-6,9,11,14-15H,7-8,10H2,1-2H3,(H,19,23)/t11?,14-,15?/m1/s1. The number of urea groups is 1. The first-order valence-corrected chi connectivity index (χ1v) is 8.18. The Morgan fingerprint density at radius 3 is 2.74 bits per heavy atom. The highest BCUT2D eigenvalue weighted by Crippen LogP contribution is 2.41. The van der Waals surface area contributed by atoms with Crippen molar-refractivity contribution in [2.24, 2.45) is 5.92 Å². The third-order valence-corrected chi connectivity index (χ3v) is 5.04. The van der Waals surface area contributed by atoms with Crippen molar-refractivity contribution in [3.8, 4) is 5.69 Å². The minimum atomic E-state index is 0.0199. The summed E-state index contributed by atoms with van der Waals surface area (Å²) in [6.45, 7) is 4.29. The highest BCUT2D eigenvalue weighted by Gasteiger charge is 2.46. The summed E-state index contributed by atoms with van der Waals surface area (Å²) < 4.78 is 1.71. The number of fused-ring (bicyclic) bond motifs is 2. The number of carbonyl (C=O) groups is 1. The molecule has 120 valence electrons. The predicted octanol–water partition coefficient (Wildman–Crippen LogP) is 2.98. The van der Waals surface area contributed by atoms with Gasteiger partial charge in [-0.2, -0.15) is 0 Å². The molecule has 1 N–H and O–H groups in total. The Labute approximate surface area is 135 Å². The monoisotopic (exact) mass is 311 g/mol. The molecule has 2 aliphatic heterocycles. The molecule has 2 bridgehead atoms. The molecule has 2 aromatic rings. The molecular formula is C17H21N5O. The quantitative estimate of drug-likeness (QED) is 0.927. The molecule has 6 nitrogen and oxygen atoms in total. The van der Waals surface area contributed by atoms with Gasteiger partial charge in [0.1, 0.15) is 0 Å². The minimum Gasteiger partial charge on any atom is -0.318 e. The number of carbonyl (C=O) groups excluding carboxylic acids is 1. The summed E-state index contributed by atoms with van der Waals surface area (Å²) in [4.78, 5) is 14.6. The smallest absolute Gasteiger partial charge is 0.318 e. The maximum absolute atomic E-state index is 12.6. The summed E-state index contributed by atoms with van der Waals surface area (Å²) in [6.07, 6.45) is 6.86. The second-order valence-electron chi connectivity index (χ2n) is 6.81. The average molecular weight is 311 g/mol.